The number of hydrogen-bond acceptors (Lipinski definition) is 3. The van der Waals surface area contributed by atoms with E-state index in [1.165, 1.54) is 0 Å². The van der Waals surface area contributed by atoms with Crippen molar-refractivity contribution in [2.24, 2.45) is 5.41 Å². The Balaban J connectivity index is 2.86. The van der Waals surface area contributed by atoms with Crippen molar-refractivity contribution in [2.75, 3.05) is 11.9 Å². The van der Waals surface area contributed by atoms with Gasteiger partial charge in [0.1, 0.15) is 5.82 Å². The summed E-state index contributed by atoms with van der Waals surface area (Å²) in [7, 11) is 0. The van der Waals surface area contributed by atoms with Crippen LogP contribution in [0, 0.1) is 5.41 Å². The average Bonchev–Trinajstić information content (AvgIpc) is 2.19. The topological polar surface area (TPSA) is 45.1 Å². The Morgan fingerprint density at radius 2 is 2.06 bits per heavy atom. The van der Waals surface area contributed by atoms with Crippen LogP contribution in [0.1, 0.15) is 27.2 Å². The van der Waals surface area contributed by atoms with Crippen molar-refractivity contribution >= 4 is 29.0 Å². The van der Waals surface area contributed by atoms with Crippen molar-refractivity contribution < 1.29 is 5.11 Å². The van der Waals surface area contributed by atoms with Gasteiger partial charge in [0.25, 0.3) is 0 Å². The average molecular weight is 277 g/mol. The van der Waals surface area contributed by atoms with Gasteiger partial charge >= 0.3 is 0 Å². The Labute approximate surface area is 112 Å². The van der Waals surface area contributed by atoms with E-state index in [2.05, 4.69) is 31.1 Å². The molecule has 5 heteroatoms. The molecule has 0 saturated carbocycles. The second-order valence-electron chi connectivity index (χ2n) is 5.06. The minimum atomic E-state index is 0.00732. The fourth-order valence-corrected chi connectivity index (χ4v) is 1.97. The third-order valence-corrected chi connectivity index (χ3v) is 3.08. The van der Waals surface area contributed by atoms with Gasteiger partial charge in [-0.25, -0.2) is 4.98 Å². The summed E-state index contributed by atoms with van der Waals surface area (Å²) in [6, 6.07) is 1.75. The van der Waals surface area contributed by atoms with E-state index in [1.807, 2.05) is 0 Å². The van der Waals surface area contributed by atoms with Gasteiger partial charge in [-0.15, -0.1) is 0 Å². The van der Waals surface area contributed by atoms with Crippen molar-refractivity contribution in [2.45, 2.75) is 33.2 Å². The predicted molar refractivity (Wildman–Crippen MR) is 72.8 cm³/mol. The van der Waals surface area contributed by atoms with Gasteiger partial charge in [0.15, 0.2) is 0 Å². The molecule has 0 radical (unpaired) electrons. The molecule has 0 aromatic carbocycles. The van der Waals surface area contributed by atoms with Gasteiger partial charge in [-0.3, -0.25) is 0 Å². The van der Waals surface area contributed by atoms with Gasteiger partial charge in [0.2, 0.25) is 0 Å². The van der Waals surface area contributed by atoms with Crippen LogP contribution >= 0.6 is 23.2 Å². The molecule has 3 nitrogen and oxygen atoms in total. The molecule has 0 amide bonds. The molecule has 0 spiro atoms. The van der Waals surface area contributed by atoms with E-state index in [9.17, 15) is 0 Å². The minimum Gasteiger partial charge on any atom is -0.396 e. The zero-order chi connectivity index (χ0) is 13.1. The number of nitrogens with zero attached hydrogens (tertiary/aromatic N) is 1. The Morgan fingerprint density at radius 1 is 1.41 bits per heavy atom. The largest absolute Gasteiger partial charge is 0.396 e. The first kappa shape index (κ1) is 14.6. The smallest absolute Gasteiger partial charge is 0.145 e. The number of anilines is 1. The van der Waals surface area contributed by atoms with Gasteiger partial charge in [0, 0.05) is 18.8 Å². The molecular formula is C12H18Cl2N2O. The summed E-state index contributed by atoms with van der Waals surface area (Å²) >= 11 is 11.8. The van der Waals surface area contributed by atoms with Crippen LogP contribution in [0.25, 0.3) is 0 Å². The summed E-state index contributed by atoms with van der Waals surface area (Å²) in [5.41, 5.74) is 0.00732. The first-order valence-electron chi connectivity index (χ1n) is 5.53. The van der Waals surface area contributed by atoms with Gasteiger partial charge in [-0.05, 0) is 17.9 Å². The molecule has 17 heavy (non-hydrogen) atoms. The number of rotatable bonds is 4. The normalized spacial score (nSPS) is 13.5. The molecule has 1 atom stereocenters. The second-order valence-corrected chi connectivity index (χ2v) is 5.90. The third kappa shape index (κ3) is 4.34. The molecule has 0 aliphatic rings. The highest BCUT2D eigenvalue weighted by molar-refractivity contribution is 6.35. The maximum absolute atomic E-state index is 9.08. The van der Waals surface area contributed by atoms with Crippen LogP contribution in [0.3, 0.4) is 0 Å². The lowest BCUT2D eigenvalue weighted by molar-refractivity contribution is 0.235. The summed E-state index contributed by atoms with van der Waals surface area (Å²) in [5.74, 6) is 0.601. The van der Waals surface area contributed by atoms with Crippen molar-refractivity contribution in [3.8, 4) is 0 Å². The lowest BCUT2D eigenvalue weighted by Gasteiger charge is -2.31. The summed E-state index contributed by atoms with van der Waals surface area (Å²) in [6.45, 7) is 6.43. The molecule has 0 saturated heterocycles. The van der Waals surface area contributed by atoms with E-state index in [-0.39, 0.29) is 18.1 Å². The molecule has 0 bridgehead atoms. The Hall–Kier alpha value is -0.510. The summed E-state index contributed by atoms with van der Waals surface area (Å²) in [6.07, 6.45) is 2.19. The van der Waals surface area contributed by atoms with E-state index in [1.54, 1.807) is 12.3 Å². The van der Waals surface area contributed by atoms with E-state index >= 15 is 0 Å². The number of aliphatic hydroxyl groups is 1. The molecule has 96 valence electrons. The molecular weight excluding hydrogens is 259 g/mol. The summed E-state index contributed by atoms with van der Waals surface area (Å²) < 4.78 is 0. The highest BCUT2D eigenvalue weighted by atomic mass is 35.5. The van der Waals surface area contributed by atoms with Crippen LogP contribution in [-0.2, 0) is 0 Å². The quantitative estimate of drug-likeness (QED) is 0.883. The van der Waals surface area contributed by atoms with Crippen molar-refractivity contribution in [3.63, 3.8) is 0 Å². The Bertz CT molecular complexity index is 377. The number of hydrogen-bond donors (Lipinski definition) is 2. The molecule has 1 rings (SSSR count). The van der Waals surface area contributed by atoms with Crippen LogP contribution in [-0.4, -0.2) is 22.7 Å². The van der Waals surface area contributed by atoms with Crippen LogP contribution < -0.4 is 5.32 Å². The molecule has 0 aliphatic heterocycles. The molecule has 0 fully saturated rings. The highest BCUT2D eigenvalue weighted by Crippen LogP contribution is 2.29. The molecule has 1 aromatic rings. The van der Waals surface area contributed by atoms with Crippen molar-refractivity contribution in [3.05, 3.63) is 22.3 Å². The van der Waals surface area contributed by atoms with Crippen LogP contribution in [0.5, 0.6) is 0 Å². The zero-order valence-electron chi connectivity index (χ0n) is 10.3. The summed E-state index contributed by atoms with van der Waals surface area (Å²) in [5, 5.41) is 13.3. The molecule has 1 aromatic heterocycles. The molecule has 1 unspecified atom stereocenters. The van der Waals surface area contributed by atoms with Gasteiger partial charge < -0.3 is 10.4 Å². The summed E-state index contributed by atoms with van der Waals surface area (Å²) in [4.78, 5) is 4.16. The van der Waals surface area contributed by atoms with Gasteiger partial charge in [0.05, 0.1) is 10.0 Å². The Kier molecular flexibility index (Phi) is 5.04. The van der Waals surface area contributed by atoms with E-state index in [0.29, 0.717) is 22.3 Å². The molecule has 0 aliphatic carbocycles. The van der Waals surface area contributed by atoms with Crippen LogP contribution in [0.4, 0.5) is 5.82 Å². The maximum atomic E-state index is 9.08. The van der Waals surface area contributed by atoms with Crippen molar-refractivity contribution in [1.82, 2.24) is 4.98 Å². The predicted octanol–water partition coefficient (Wildman–Crippen LogP) is 3.60. The van der Waals surface area contributed by atoms with Crippen molar-refractivity contribution in [1.29, 1.82) is 0 Å². The SMILES string of the molecule is CC(C)(C)C(CCO)Nc1ncc(Cl)cc1Cl. The fourth-order valence-electron chi connectivity index (χ4n) is 1.54. The number of aromatic nitrogens is 1. The second kappa shape index (κ2) is 5.89. The minimum absolute atomic E-state index is 0.00732. The Morgan fingerprint density at radius 3 is 2.53 bits per heavy atom. The highest BCUT2D eigenvalue weighted by Gasteiger charge is 2.24. The van der Waals surface area contributed by atoms with E-state index in [0.717, 1.165) is 0 Å². The number of halogens is 2. The standard InChI is InChI=1S/C12H18Cl2N2O/c1-12(2,3)10(4-5-17)16-11-9(14)6-8(13)7-15-11/h6-7,10,17H,4-5H2,1-3H3,(H,15,16). The first-order chi connectivity index (χ1) is 7.84. The maximum Gasteiger partial charge on any atom is 0.145 e. The van der Waals surface area contributed by atoms with Crippen LogP contribution in [0.2, 0.25) is 10.0 Å². The van der Waals surface area contributed by atoms with Crippen LogP contribution in [0.15, 0.2) is 12.3 Å². The monoisotopic (exact) mass is 276 g/mol. The third-order valence-electron chi connectivity index (χ3n) is 2.58. The fraction of sp³-hybridized carbons (Fsp3) is 0.583. The van der Waals surface area contributed by atoms with Gasteiger partial charge in [-0.1, -0.05) is 44.0 Å². The zero-order valence-corrected chi connectivity index (χ0v) is 11.8. The first-order valence-corrected chi connectivity index (χ1v) is 6.28. The number of aliphatic hydroxyl groups excluding tert-OH is 1. The van der Waals surface area contributed by atoms with Gasteiger partial charge in [-0.2, -0.15) is 0 Å². The lowest BCUT2D eigenvalue weighted by Crippen LogP contribution is -2.35. The molecule has 2 N–H and O–H groups in total. The van der Waals surface area contributed by atoms with E-state index in [4.69, 9.17) is 28.3 Å². The number of pyridine rings is 1. The number of nitrogens with one attached hydrogen (secondary N) is 1. The molecule has 1 heterocycles. The van der Waals surface area contributed by atoms with E-state index < -0.39 is 0 Å². The lowest BCUT2D eigenvalue weighted by atomic mass is 9.85.